The maximum atomic E-state index is 10.4. The average Bonchev–Trinajstić information content (AvgIpc) is 3.41. The van der Waals surface area contributed by atoms with Crippen LogP contribution in [0.2, 0.25) is 0 Å². The summed E-state index contributed by atoms with van der Waals surface area (Å²) in [5.41, 5.74) is 0.549. The Morgan fingerprint density at radius 2 is 1.81 bits per heavy atom. The average molecular weight is 510 g/mol. The van der Waals surface area contributed by atoms with Gasteiger partial charge in [-0.3, -0.25) is 0 Å². The first kappa shape index (κ1) is 21.6. The van der Waals surface area contributed by atoms with Crippen molar-refractivity contribution in [3.63, 3.8) is 0 Å². The standard InChI is InChI=1S/C27H41BrO4/c1-13-9-20(28)27(30-12-13)14(2)21-19(32-27)11-18-17-6-5-15-10-16(29)7-8-25(15,3)22(17)23-24(31-23)26(18,21)4/h13-24,29H,5-12H2,1-4H3/t13?,14-,15?,16?,17-,18-,19-,20?,21-,22+,23?,24?,25-,26-,27-/m0/s1. The lowest BCUT2D eigenvalue weighted by Gasteiger charge is -2.59. The van der Waals surface area contributed by atoms with Crippen LogP contribution in [-0.4, -0.2) is 46.7 Å². The molecule has 7 rings (SSSR count). The summed E-state index contributed by atoms with van der Waals surface area (Å²) in [6.07, 6.45) is 9.12. The Labute approximate surface area is 201 Å². The van der Waals surface area contributed by atoms with E-state index in [-0.39, 0.29) is 16.3 Å². The zero-order valence-corrected chi connectivity index (χ0v) is 21.7. The molecule has 3 heterocycles. The second-order valence-corrected chi connectivity index (χ2v) is 14.5. The van der Waals surface area contributed by atoms with Crippen LogP contribution in [0.15, 0.2) is 0 Å². The zero-order valence-electron chi connectivity index (χ0n) is 20.1. The molecule has 0 aromatic rings. The smallest absolute Gasteiger partial charge is 0.184 e. The van der Waals surface area contributed by atoms with Crippen LogP contribution in [0, 0.1) is 52.3 Å². The maximum Gasteiger partial charge on any atom is 0.184 e. The van der Waals surface area contributed by atoms with Crippen LogP contribution in [0.4, 0.5) is 0 Å². The fourth-order valence-electron chi connectivity index (χ4n) is 10.7. The van der Waals surface area contributed by atoms with E-state index >= 15 is 0 Å². The normalized spacial score (nSPS) is 67.3. The lowest BCUT2D eigenvalue weighted by atomic mass is 9.44. The van der Waals surface area contributed by atoms with Gasteiger partial charge in [0.25, 0.3) is 0 Å². The van der Waals surface area contributed by atoms with Gasteiger partial charge in [-0.25, -0.2) is 0 Å². The highest BCUT2D eigenvalue weighted by molar-refractivity contribution is 9.09. The molecule has 3 saturated heterocycles. The summed E-state index contributed by atoms with van der Waals surface area (Å²) >= 11 is 4.00. The number of ether oxygens (including phenoxy) is 3. The molecule has 5 heteroatoms. The minimum absolute atomic E-state index is 0.0823. The molecule has 180 valence electrons. The Kier molecular flexibility index (Phi) is 4.55. The van der Waals surface area contributed by atoms with Gasteiger partial charge in [-0.05, 0) is 80.0 Å². The second kappa shape index (κ2) is 6.75. The van der Waals surface area contributed by atoms with Crippen molar-refractivity contribution in [2.45, 2.75) is 108 Å². The van der Waals surface area contributed by atoms with Crippen LogP contribution in [0.1, 0.15) is 72.6 Å². The van der Waals surface area contributed by atoms with Gasteiger partial charge >= 0.3 is 0 Å². The molecule has 1 spiro atoms. The van der Waals surface area contributed by atoms with E-state index in [2.05, 4.69) is 43.6 Å². The zero-order chi connectivity index (χ0) is 22.2. The maximum absolute atomic E-state index is 10.4. The van der Waals surface area contributed by atoms with Crippen molar-refractivity contribution >= 4 is 15.9 Å². The summed E-state index contributed by atoms with van der Waals surface area (Å²) in [4.78, 5) is 0.275. The van der Waals surface area contributed by atoms with Crippen molar-refractivity contribution in [3.05, 3.63) is 0 Å². The third-order valence-corrected chi connectivity index (χ3v) is 13.2. The minimum atomic E-state index is -0.458. The number of hydrogen-bond acceptors (Lipinski definition) is 4. The van der Waals surface area contributed by atoms with Crippen LogP contribution in [-0.2, 0) is 14.2 Å². The van der Waals surface area contributed by atoms with Gasteiger partial charge in [0.05, 0.1) is 35.8 Å². The van der Waals surface area contributed by atoms with Gasteiger partial charge in [0.1, 0.15) is 0 Å². The molecule has 15 atom stereocenters. The van der Waals surface area contributed by atoms with E-state index in [4.69, 9.17) is 14.2 Å². The van der Waals surface area contributed by atoms with Gasteiger partial charge in [0, 0.05) is 17.3 Å². The van der Waals surface area contributed by atoms with Crippen LogP contribution in [0.5, 0.6) is 0 Å². The minimum Gasteiger partial charge on any atom is -0.393 e. The van der Waals surface area contributed by atoms with E-state index in [0.717, 1.165) is 31.8 Å². The quantitative estimate of drug-likeness (QED) is 0.362. The lowest BCUT2D eigenvalue weighted by Crippen LogP contribution is -2.59. The summed E-state index contributed by atoms with van der Waals surface area (Å²) in [5, 5.41) is 10.4. The highest BCUT2D eigenvalue weighted by Gasteiger charge is 2.78. The molecule has 4 nitrogen and oxygen atoms in total. The number of hydrogen-bond donors (Lipinski definition) is 1. The molecule has 7 aliphatic rings. The molecule has 4 aliphatic carbocycles. The molecule has 0 radical (unpaired) electrons. The predicted molar refractivity (Wildman–Crippen MR) is 125 cm³/mol. The van der Waals surface area contributed by atoms with Crippen LogP contribution in [0.25, 0.3) is 0 Å². The highest BCUT2D eigenvalue weighted by atomic mass is 79.9. The number of aliphatic hydroxyl groups is 1. The van der Waals surface area contributed by atoms with Crippen molar-refractivity contribution < 1.29 is 19.3 Å². The molecule has 0 aromatic heterocycles. The topological polar surface area (TPSA) is 51.2 Å². The van der Waals surface area contributed by atoms with Crippen LogP contribution < -0.4 is 0 Å². The number of fused-ring (bicyclic) bond motifs is 10. The first-order valence-corrected chi connectivity index (χ1v) is 14.4. The van der Waals surface area contributed by atoms with Crippen molar-refractivity contribution in [2.75, 3.05) is 6.61 Å². The molecule has 1 N–H and O–H groups in total. The Morgan fingerprint density at radius 3 is 2.59 bits per heavy atom. The molecular weight excluding hydrogens is 468 g/mol. The van der Waals surface area contributed by atoms with Gasteiger partial charge in [-0.2, -0.15) is 0 Å². The first-order valence-electron chi connectivity index (χ1n) is 13.5. The molecular formula is C27H41BrO4. The number of alkyl halides is 1. The van der Waals surface area contributed by atoms with E-state index in [9.17, 15) is 5.11 Å². The largest absolute Gasteiger partial charge is 0.393 e. The summed E-state index contributed by atoms with van der Waals surface area (Å²) in [6.45, 7) is 10.6. The molecule has 4 saturated carbocycles. The molecule has 3 aliphatic heterocycles. The van der Waals surface area contributed by atoms with Gasteiger partial charge in [0.15, 0.2) is 5.79 Å². The van der Waals surface area contributed by atoms with E-state index in [0.29, 0.717) is 59.2 Å². The molecule has 6 unspecified atom stereocenters. The van der Waals surface area contributed by atoms with Gasteiger partial charge < -0.3 is 19.3 Å². The van der Waals surface area contributed by atoms with Gasteiger partial charge in [0.2, 0.25) is 0 Å². The van der Waals surface area contributed by atoms with Gasteiger partial charge in [-0.1, -0.05) is 43.6 Å². The SMILES string of the molecule is CC1CO[C@@]2(O[C@H]3C[C@H]4[C@@H]5CCC6CC(O)CC[C@]6(C)[C@H]5C5OC5[C@]4(C)[C@H]3[C@@H]2C)C(Br)C1. The fraction of sp³-hybridized carbons (Fsp3) is 1.00. The van der Waals surface area contributed by atoms with Crippen LogP contribution in [0.3, 0.4) is 0 Å². The Morgan fingerprint density at radius 1 is 1.00 bits per heavy atom. The van der Waals surface area contributed by atoms with Crippen molar-refractivity contribution in [3.8, 4) is 0 Å². The number of aliphatic hydroxyl groups excluding tert-OH is 1. The van der Waals surface area contributed by atoms with Crippen LogP contribution >= 0.6 is 15.9 Å². The van der Waals surface area contributed by atoms with E-state index < -0.39 is 5.79 Å². The third kappa shape index (κ3) is 2.49. The van der Waals surface area contributed by atoms with E-state index in [1.807, 2.05) is 0 Å². The molecule has 7 fully saturated rings. The summed E-state index contributed by atoms with van der Waals surface area (Å²) in [5.74, 6) is 3.84. The molecule has 0 aromatic carbocycles. The number of rotatable bonds is 0. The summed E-state index contributed by atoms with van der Waals surface area (Å²) < 4.78 is 20.2. The lowest BCUT2D eigenvalue weighted by molar-refractivity contribution is -0.267. The van der Waals surface area contributed by atoms with E-state index in [1.54, 1.807) is 0 Å². The molecule has 0 bridgehead atoms. The van der Waals surface area contributed by atoms with Crippen molar-refractivity contribution in [1.82, 2.24) is 0 Å². The summed E-state index contributed by atoms with van der Waals surface area (Å²) in [7, 11) is 0. The van der Waals surface area contributed by atoms with Gasteiger partial charge in [-0.15, -0.1) is 0 Å². The second-order valence-electron chi connectivity index (χ2n) is 13.4. The predicted octanol–water partition coefficient (Wildman–Crippen LogP) is 5.15. The first-order chi connectivity index (χ1) is 15.2. The Hall–Kier alpha value is 0.320. The Bertz CT molecular complexity index is 807. The number of halogens is 1. The fourth-order valence-corrected chi connectivity index (χ4v) is 12.0. The molecule has 32 heavy (non-hydrogen) atoms. The summed E-state index contributed by atoms with van der Waals surface area (Å²) in [6, 6.07) is 0. The number of epoxide rings is 1. The van der Waals surface area contributed by atoms with Crippen molar-refractivity contribution in [1.29, 1.82) is 0 Å². The highest BCUT2D eigenvalue weighted by Crippen LogP contribution is 2.75. The molecule has 0 amide bonds. The Balaban J connectivity index is 1.21. The monoisotopic (exact) mass is 508 g/mol. The van der Waals surface area contributed by atoms with E-state index in [1.165, 1.54) is 25.7 Å². The third-order valence-electron chi connectivity index (χ3n) is 12.1. The van der Waals surface area contributed by atoms with Crippen molar-refractivity contribution in [2.24, 2.45) is 52.3 Å².